The van der Waals surface area contributed by atoms with E-state index in [4.69, 9.17) is 0 Å². The van der Waals surface area contributed by atoms with Gasteiger partial charge in [0.25, 0.3) is 5.91 Å². The largest absolute Gasteiger partial charge is 0.351 e. The minimum absolute atomic E-state index is 0.0372. The molecule has 2 aromatic rings. The molecule has 3 heterocycles. The highest BCUT2D eigenvalue weighted by Gasteiger charge is 2.23. The minimum atomic E-state index is -0.0372. The van der Waals surface area contributed by atoms with Gasteiger partial charge in [-0.25, -0.2) is 4.98 Å². The van der Waals surface area contributed by atoms with Crippen LogP contribution in [0.3, 0.4) is 0 Å². The van der Waals surface area contributed by atoms with Crippen molar-refractivity contribution in [3.05, 3.63) is 53.6 Å². The number of nitrogens with one attached hydrogen (secondary N) is 1. The lowest BCUT2D eigenvalue weighted by Crippen LogP contribution is -2.39. The van der Waals surface area contributed by atoms with Gasteiger partial charge >= 0.3 is 0 Å². The summed E-state index contributed by atoms with van der Waals surface area (Å²) < 4.78 is 2.17. The number of likely N-dealkylation sites (tertiary alicyclic amines) is 1. The average molecular weight is 381 g/mol. The van der Waals surface area contributed by atoms with Gasteiger partial charge in [0.2, 0.25) is 0 Å². The van der Waals surface area contributed by atoms with Gasteiger partial charge in [0.05, 0.1) is 0 Å². The van der Waals surface area contributed by atoms with Crippen molar-refractivity contribution in [3.63, 3.8) is 0 Å². The monoisotopic (exact) mass is 380 g/mol. The molecule has 0 aliphatic carbocycles. The number of imidazole rings is 1. The van der Waals surface area contributed by atoms with Crippen molar-refractivity contribution in [2.24, 2.45) is 0 Å². The van der Waals surface area contributed by atoms with Crippen LogP contribution >= 0.6 is 0 Å². The van der Waals surface area contributed by atoms with E-state index in [2.05, 4.69) is 57.0 Å². The van der Waals surface area contributed by atoms with E-state index in [1.165, 1.54) is 31.4 Å². The molecule has 1 N–H and O–H groups in total. The minimum Gasteiger partial charge on any atom is -0.351 e. The Hall–Kier alpha value is -2.14. The predicted octanol–water partition coefficient (Wildman–Crippen LogP) is 3.61. The summed E-state index contributed by atoms with van der Waals surface area (Å²) in [5, 5.41) is 3.06. The zero-order valence-electron chi connectivity index (χ0n) is 16.9. The van der Waals surface area contributed by atoms with E-state index in [9.17, 15) is 4.79 Å². The van der Waals surface area contributed by atoms with Crippen molar-refractivity contribution in [2.75, 3.05) is 19.6 Å². The highest BCUT2D eigenvalue weighted by atomic mass is 16.1. The molecular formula is C23H32N4O. The summed E-state index contributed by atoms with van der Waals surface area (Å²) in [5.41, 5.74) is 1.94. The van der Waals surface area contributed by atoms with E-state index in [1.54, 1.807) is 0 Å². The first-order chi connectivity index (χ1) is 13.7. The molecule has 150 valence electrons. The predicted molar refractivity (Wildman–Crippen MR) is 112 cm³/mol. The Bertz CT molecular complexity index is 785. The van der Waals surface area contributed by atoms with Crippen molar-refractivity contribution in [1.82, 2.24) is 19.8 Å². The van der Waals surface area contributed by atoms with E-state index < -0.39 is 0 Å². The summed E-state index contributed by atoms with van der Waals surface area (Å²) in [6.07, 6.45) is 8.92. The van der Waals surface area contributed by atoms with Crippen LogP contribution < -0.4 is 5.32 Å². The number of piperidine rings is 1. The van der Waals surface area contributed by atoms with Crippen LogP contribution in [-0.2, 0) is 13.0 Å². The van der Waals surface area contributed by atoms with Gasteiger partial charge in [-0.15, -0.1) is 0 Å². The van der Waals surface area contributed by atoms with Crippen molar-refractivity contribution >= 4 is 5.91 Å². The molecule has 1 fully saturated rings. The highest BCUT2D eigenvalue weighted by molar-refractivity contribution is 5.92. The maximum atomic E-state index is 12.5. The number of nitrogens with zero attached hydrogens (tertiary/aromatic N) is 3. The van der Waals surface area contributed by atoms with Crippen LogP contribution in [0.25, 0.3) is 0 Å². The molecule has 2 aliphatic heterocycles. The number of hydrogen-bond donors (Lipinski definition) is 1. The number of aromatic nitrogens is 2. The quantitative estimate of drug-likeness (QED) is 0.779. The Kier molecular flexibility index (Phi) is 6.10. The van der Waals surface area contributed by atoms with Crippen LogP contribution in [0.2, 0.25) is 0 Å². The maximum absolute atomic E-state index is 12.5. The first kappa shape index (κ1) is 19.2. The molecule has 1 aromatic carbocycles. The second kappa shape index (κ2) is 8.91. The third-order valence-corrected chi connectivity index (χ3v) is 6.34. The van der Waals surface area contributed by atoms with Crippen LogP contribution in [0, 0.1) is 0 Å². The number of benzene rings is 1. The topological polar surface area (TPSA) is 50.2 Å². The summed E-state index contributed by atoms with van der Waals surface area (Å²) in [7, 11) is 0. The second-order valence-electron chi connectivity index (χ2n) is 8.33. The lowest BCUT2D eigenvalue weighted by Gasteiger charge is -2.33. The Labute approximate surface area is 168 Å². The third-order valence-electron chi connectivity index (χ3n) is 6.34. The average Bonchev–Trinajstić information content (AvgIpc) is 3.16. The van der Waals surface area contributed by atoms with Crippen molar-refractivity contribution in [3.8, 4) is 0 Å². The van der Waals surface area contributed by atoms with Crippen LogP contribution in [0.15, 0.2) is 36.5 Å². The molecule has 2 atom stereocenters. The zero-order valence-corrected chi connectivity index (χ0v) is 16.9. The molecule has 1 amide bonds. The second-order valence-corrected chi connectivity index (χ2v) is 8.33. The third kappa shape index (κ3) is 4.46. The number of carbonyl (C=O) groups is 1. The summed E-state index contributed by atoms with van der Waals surface area (Å²) in [6, 6.07) is 11.3. The van der Waals surface area contributed by atoms with E-state index >= 15 is 0 Å². The molecule has 2 unspecified atom stereocenters. The molecule has 0 saturated carbocycles. The Morgan fingerprint density at radius 1 is 1.21 bits per heavy atom. The molecule has 1 aromatic heterocycles. The van der Waals surface area contributed by atoms with Crippen molar-refractivity contribution < 1.29 is 4.79 Å². The molecule has 0 radical (unpaired) electrons. The smallest absolute Gasteiger partial charge is 0.271 e. The van der Waals surface area contributed by atoms with Gasteiger partial charge in [0, 0.05) is 44.2 Å². The van der Waals surface area contributed by atoms with Gasteiger partial charge < -0.3 is 14.8 Å². The fourth-order valence-corrected chi connectivity index (χ4v) is 4.61. The number of carbonyl (C=O) groups excluding carboxylic acids is 1. The highest BCUT2D eigenvalue weighted by Crippen LogP contribution is 2.28. The van der Waals surface area contributed by atoms with E-state index in [-0.39, 0.29) is 5.91 Å². The van der Waals surface area contributed by atoms with Gasteiger partial charge in [-0.1, -0.05) is 36.8 Å². The summed E-state index contributed by atoms with van der Waals surface area (Å²) in [5.74, 6) is 1.51. The molecule has 2 aliphatic rings. The number of hydrogen-bond acceptors (Lipinski definition) is 3. The summed E-state index contributed by atoms with van der Waals surface area (Å²) >= 11 is 0. The molecule has 1 saturated heterocycles. The molecule has 0 bridgehead atoms. The van der Waals surface area contributed by atoms with E-state index in [0.29, 0.717) is 17.7 Å². The first-order valence-corrected chi connectivity index (χ1v) is 10.8. The van der Waals surface area contributed by atoms with E-state index in [0.717, 1.165) is 44.7 Å². The molecule has 0 spiro atoms. The standard InChI is InChI=1S/C23H32N4O/c1-18-8-5-6-14-26(18)15-7-13-24-23(28)21-17-27-16-20(11-12-22(27)25-21)19-9-3-2-4-10-19/h2-4,9-10,17-18,20H,5-8,11-16H2,1H3,(H,24,28). The Balaban J connectivity index is 1.27. The molecular weight excluding hydrogens is 348 g/mol. The molecule has 5 heteroatoms. The van der Waals surface area contributed by atoms with Crippen LogP contribution in [0.1, 0.15) is 66.8 Å². The normalized spacial score (nSPS) is 22.6. The van der Waals surface area contributed by atoms with Crippen LogP contribution in [0.4, 0.5) is 0 Å². The van der Waals surface area contributed by atoms with E-state index in [1.807, 2.05) is 6.20 Å². The first-order valence-electron chi connectivity index (χ1n) is 10.8. The van der Waals surface area contributed by atoms with Gasteiger partial charge in [0.1, 0.15) is 11.5 Å². The van der Waals surface area contributed by atoms with Crippen molar-refractivity contribution in [1.29, 1.82) is 0 Å². The summed E-state index contributed by atoms with van der Waals surface area (Å²) in [4.78, 5) is 19.7. The zero-order chi connectivity index (χ0) is 19.3. The summed E-state index contributed by atoms with van der Waals surface area (Å²) in [6.45, 7) is 6.21. The van der Waals surface area contributed by atoms with Crippen LogP contribution in [0.5, 0.6) is 0 Å². The van der Waals surface area contributed by atoms with Gasteiger partial charge in [-0.2, -0.15) is 0 Å². The molecule has 5 nitrogen and oxygen atoms in total. The maximum Gasteiger partial charge on any atom is 0.271 e. The van der Waals surface area contributed by atoms with Crippen LogP contribution in [-0.4, -0.2) is 46.0 Å². The lowest BCUT2D eigenvalue weighted by atomic mass is 9.92. The number of rotatable bonds is 6. The van der Waals surface area contributed by atoms with Crippen molar-refractivity contribution in [2.45, 2.75) is 64.0 Å². The van der Waals surface area contributed by atoms with Gasteiger partial charge in [0.15, 0.2) is 0 Å². The Morgan fingerprint density at radius 2 is 2.07 bits per heavy atom. The number of aryl methyl sites for hydroxylation is 1. The number of amides is 1. The fraction of sp³-hybridized carbons (Fsp3) is 0.565. The molecule has 28 heavy (non-hydrogen) atoms. The van der Waals surface area contributed by atoms with Gasteiger partial charge in [-0.3, -0.25) is 4.79 Å². The molecule has 4 rings (SSSR count). The fourth-order valence-electron chi connectivity index (χ4n) is 4.61. The SMILES string of the molecule is CC1CCCCN1CCCNC(=O)c1cn2c(n1)CCC(c1ccccc1)C2. The van der Waals surface area contributed by atoms with Gasteiger partial charge in [-0.05, 0) is 44.7 Å². The number of fused-ring (bicyclic) bond motifs is 1. The Morgan fingerprint density at radius 3 is 2.89 bits per heavy atom. The lowest BCUT2D eigenvalue weighted by molar-refractivity contribution is 0.0944.